The molecule has 0 aliphatic carbocycles. The van der Waals surface area contributed by atoms with Crippen molar-refractivity contribution in [2.45, 2.75) is 25.8 Å². The Hall–Kier alpha value is -1.76. The zero-order valence-corrected chi connectivity index (χ0v) is 11.9. The molecule has 0 bridgehead atoms. The van der Waals surface area contributed by atoms with Gasteiger partial charge in [-0.15, -0.1) is 0 Å². The van der Waals surface area contributed by atoms with E-state index in [4.69, 9.17) is 0 Å². The van der Waals surface area contributed by atoms with E-state index in [1.165, 1.54) is 6.07 Å². The van der Waals surface area contributed by atoms with Gasteiger partial charge < -0.3 is 0 Å². The third-order valence-electron chi connectivity index (χ3n) is 3.43. The maximum Gasteiger partial charge on any atom is 0.273 e. The summed E-state index contributed by atoms with van der Waals surface area (Å²) < 4.78 is 13.8. The number of benzene rings is 1. The van der Waals surface area contributed by atoms with Crippen molar-refractivity contribution >= 4 is 33.7 Å². The summed E-state index contributed by atoms with van der Waals surface area (Å²) in [5.41, 5.74) is 0.784. The summed E-state index contributed by atoms with van der Waals surface area (Å²) in [4.78, 5) is 35.9. The standard InChI is InChI=1S/C13H10BrFN2O3/c14-9-4-7-6-16(13(20)8(7)5-10(9)15)17-11(18)2-1-3-12(17)19/h4-5H,1-3,6H2. The van der Waals surface area contributed by atoms with E-state index in [2.05, 4.69) is 15.9 Å². The number of imide groups is 1. The summed E-state index contributed by atoms with van der Waals surface area (Å²) in [6.45, 7) is 0.102. The molecule has 0 atom stereocenters. The number of hydrazine groups is 1. The Kier molecular flexibility index (Phi) is 3.08. The fourth-order valence-electron chi connectivity index (χ4n) is 2.46. The van der Waals surface area contributed by atoms with Gasteiger partial charge in [-0.3, -0.25) is 14.4 Å². The molecule has 1 aromatic carbocycles. The SMILES string of the molecule is O=C1c2cc(F)c(Br)cc2CN1N1C(=O)CCCC1=O. The molecule has 2 aliphatic rings. The lowest BCUT2D eigenvalue weighted by Gasteiger charge is -2.32. The molecule has 0 spiro atoms. The van der Waals surface area contributed by atoms with Crippen molar-refractivity contribution < 1.29 is 18.8 Å². The minimum absolute atomic E-state index is 0.102. The van der Waals surface area contributed by atoms with Crippen molar-refractivity contribution in [2.75, 3.05) is 0 Å². The van der Waals surface area contributed by atoms with Crippen LogP contribution in [0.3, 0.4) is 0 Å². The average Bonchev–Trinajstić information content (AvgIpc) is 2.68. The first-order valence-electron chi connectivity index (χ1n) is 6.14. The van der Waals surface area contributed by atoms with Crippen LogP contribution in [0.15, 0.2) is 16.6 Å². The van der Waals surface area contributed by atoms with E-state index in [1.807, 2.05) is 0 Å². The molecule has 1 aromatic rings. The summed E-state index contributed by atoms with van der Waals surface area (Å²) in [6.07, 6.45) is 0.983. The molecule has 1 fully saturated rings. The van der Waals surface area contributed by atoms with Gasteiger partial charge in [-0.1, -0.05) is 0 Å². The molecular weight excluding hydrogens is 331 g/mol. The van der Waals surface area contributed by atoms with Gasteiger partial charge in [-0.2, -0.15) is 5.01 Å². The van der Waals surface area contributed by atoms with E-state index < -0.39 is 11.7 Å². The predicted octanol–water partition coefficient (Wildman–Crippen LogP) is 2.00. The Morgan fingerprint density at radius 3 is 2.40 bits per heavy atom. The van der Waals surface area contributed by atoms with Crippen molar-refractivity contribution in [3.05, 3.63) is 33.5 Å². The molecule has 0 radical (unpaired) electrons. The van der Waals surface area contributed by atoms with Crippen molar-refractivity contribution in [2.24, 2.45) is 0 Å². The fourth-order valence-corrected chi connectivity index (χ4v) is 2.85. The highest BCUT2D eigenvalue weighted by molar-refractivity contribution is 9.10. The van der Waals surface area contributed by atoms with Crippen LogP contribution in [0.1, 0.15) is 35.2 Å². The number of amides is 3. The lowest BCUT2D eigenvalue weighted by atomic mass is 10.1. The molecule has 0 aromatic heterocycles. The Morgan fingerprint density at radius 1 is 1.10 bits per heavy atom. The van der Waals surface area contributed by atoms with Crippen molar-refractivity contribution in [1.82, 2.24) is 10.0 Å². The highest BCUT2D eigenvalue weighted by Crippen LogP contribution is 2.30. The first-order valence-corrected chi connectivity index (χ1v) is 6.94. The normalized spacial score (nSPS) is 18.8. The summed E-state index contributed by atoms with van der Waals surface area (Å²) in [6, 6.07) is 2.63. The van der Waals surface area contributed by atoms with Crippen LogP contribution in [0.2, 0.25) is 0 Å². The number of hydrogen-bond donors (Lipinski definition) is 0. The van der Waals surface area contributed by atoms with Gasteiger partial charge in [-0.25, -0.2) is 9.40 Å². The van der Waals surface area contributed by atoms with Crippen LogP contribution in [-0.4, -0.2) is 27.7 Å². The number of carbonyl (C=O) groups is 3. The monoisotopic (exact) mass is 340 g/mol. The molecule has 3 rings (SSSR count). The van der Waals surface area contributed by atoms with Crippen LogP contribution < -0.4 is 0 Å². The number of piperidine rings is 1. The predicted molar refractivity (Wildman–Crippen MR) is 69.7 cm³/mol. The number of rotatable bonds is 1. The summed E-state index contributed by atoms with van der Waals surface area (Å²) in [5, 5.41) is 2.00. The lowest BCUT2D eigenvalue weighted by Crippen LogP contribution is -2.51. The topological polar surface area (TPSA) is 57.7 Å². The Balaban J connectivity index is 1.97. The molecule has 3 amide bonds. The number of halogens is 2. The first-order chi connectivity index (χ1) is 9.49. The van der Waals surface area contributed by atoms with Crippen LogP contribution in [-0.2, 0) is 16.1 Å². The second-order valence-corrected chi connectivity index (χ2v) is 5.59. The van der Waals surface area contributed by atoms with Gasteiger partial charge >= 0.3 is 0 Å². The van der Waals surface area contributed by atoms with Crippen LogP contribution in [0, 0.1) is 5.82 Å². The van der Waals surface area contributed by atoms with Crippen LogP contribution in [0.4, 0.5) is 4.39 Å². The largest absolute Gasteiger partial charge is 0.273 e. The minimum Gasteiger partial charge on any atom is -0.273 e. The van der Waals surface area contributed by atoms with E-state index in [0.717, 1.165) is 16.1 Å². The molecule has 2 heterocycles. The number of fused-ring (bicyclic) bond motifs is 1. The average molecular weight is 341 g/mol. The van der Waals surface area contributed by atoms with E-state index in [1.54, 1.807) is 0 Å². The minimum atomic E-state index is -0.546. The van der Waals surface area contributed by atoms with E-state index in [9.17, 15) is 18.8 Å². The molecule has 5 nitrogen and oxygen atoms in total. The van der Waals surface area contributed by atoms with Gasteiger partial charge in [0.15, 0.2) is 0 Å². The van der Waals surface area contributed by atoms with E-state index in [0.29, 0.717) is 12.0 Å². The molecule has 7 heteroatoms. The third kappa shape index (κ3) is 1.93. The lowest BCUT2D eigenvalue weighted by molar-refractivity contribution is -0.163. The molecule has 0 unspecified atom stereocenters. The quantitative estimate of drug-likeness (QED) is 0.734. The molecular formula is C13H10BrFN2O3. The van der Waals surface area contributed by atoms with Gasteiger partial charge in [0.25, 0.3) is 5.91 Å². The van der Waals surface area contributed by atoms with Crippen LogP contribution in [0.25, 0.3) is 0 Å². The van der Waals surface area contributed by atoms with Gasteiger partial charge in [0.05, 0.1) is 11.0 Å². The van der Waals surface area contributed by atoms with Crippen molar-refractivity contribution in [3.63, 3.8) is 0 Å². The smallest absolute Gasteiger partial charge is 0.273 e. The molecule has 20 heavy (non-hydrogen) atoms. The summed E-state index contributed by atoms with van der Waals surface area (Å²) >= 11 is 3.06. The molecule has 104 valence electrons. The highest BCUT2D eigenvalue weighted by atomic mass is 79.9. The van der Waals surface area contributed by atoms with Gasteiger partial charge in [0.2, 0.25) is 11.8 Å². The van der Waals surface area contributed by atoms with Crippen molar-refractivity contribution in [3.8, 4) is 0 Å². The maximum absolute atomic E-state index is 13.5. The summed E-state index contributed by atoms with van der Waals surface area (Å²) in [7, 11) is 0. The first kappa shape index (κ1) is 13.2. The second kappa shape index (κ2) is 4.66. The van der Waals surface area contributed by atoms with E-state index >= 15 is 0 Å². The summed E-state index contributed by atoms with van der Waals surface area (Å²) in [5.74, 6) is -1.84. The molecule has 2 aliphatic heterocycles. The zero-order valence-electron chi connectivity index (χ0n) is 10.4. The third-order valence-corrected chi connectivity index (χ3v) is 4.03. The van der Waals surface area contributed by atoms with Crippen molar-refractivity contribution in [1.29, 1.82) is 0 Å². The van der Waals surface area contributed by atoms with Crippen LogP contribution in [0.5, 0.6) is 0 Å². The zero-order chi connectivity index (χ0) is 14.4. The fraction of sp³-hybridized carbons (Fsp3) is 0.308. The van der Waals surface area contributed by atoms with Gasteiger partial charge in [0.1, 0.15) is 5.82 Å². The van der Waals surface area contributed by atoms with E-state index in [-0.39, 0.29) is 41.2 Å². The Labute approximate surface area is 122 Å². The maximum atomic E-state index is 13.5. The van der Waals surface area contributed by atoms with Gasteiger partial charge in [-0.05, 0) is 40.0 Å². The van der Waals surface area contributed by atoms with Gasteiger partial charge in [0, 0.05) is 18.4 Å². The Morgan fingerprint density at radius 2 is 1.75 bits per heavy atom. The molecule has 1 saturated heterocycles. The Bertz CT molecular complexity index is 631. The molecule has 0 saturated carbocycles. The number of carbonyl (C=O) groups excluding carboxylic acids is 3. The highest BCUT2D eigenvalue weighted by Gasteiger charge is 2.39. The number of hydrogen-bond acceptors (Lipinski definition) is 3. The molecule has 0 N–H and O–H groups in total. The second-order valence-electron chi connectivity index (χ2n) is 4.74. The van der Waals surface area contributed by atoms with Crippen LogP contribution >= 0.6 is 15.9 Å². The number of nitrogens with zero attached hydrogens (tertiary/aromatic N) is 2.